The molecule has 0 spiro atoms. The molecule has 0 bridgehead atoms. The summed E-state index contributed by atoms with van der Waals surface area (Å²) in [6, 6.07) is 0. The van der Waals surface area contributed by atoms with Gasteiger partial charge in [0.25, 0.3) is 0 Å². The van der Waals surface area contributed by atoms with Crippen LogP contribution in [-0.4, -0.2) is 37.2 Å². The number of rotatable bonds is 54. The first-order chi connectivity index (χ1) is 35.5. The minimum atomic E-state index is -0.814. The molecular weight excluding hydrogens is 889 g/mol. The van der Waals surface area contributed by atoms with Crippen molar-refractivity contribution in [2.24, 2.45) is 0 Å². The van der Waals surface area contributed by atoms with Crippen molar-refractivity contribution in [2.45, 2.75) is 290 Å². The molecule has 0 aliphatic heterocycles. The molecule has 0 saturated carbocycles. The van der Waals surface area contributed by atoms with Gasteiger partial charge < -0.3 is 14.2 Å². The molecule has 412 valence electrons. The van der Waals surface area contributed by atoms with E-state index in [0.717, 1.165) is 103 Å². The van der Waals surface area contributed by atoms with Gasteiger partial charge in [0.05, 0.1) is 0 Å². The lowest BCUT2D eigenvalue weighted by Crippen LogP contribution is -2.30. The van der Waals surface area contributed by atoms with Crippen molar-refractivity contribution >= 4 is 17.9 Å². The van der Waals surface area contributed by atoms with E-state index in [9.17, 15) is 14.4 Å². The van der Waals surface area contributed by atoms with Crippen LogP contribution in [-0.2, 0) is 28.6 Å². The molecule has 0 aliphatic carbocycles. The second-order valence-electron chi connectivity index (χ2n) is 19.9. The molecule has 6 nitrogen and oxygen atoms in total. The Morgan fingerprint density at radius 2 is 0.569 bits per heavy atom. The smallest absolute Gasteiger partial charge is 0.306 e. The Labute approximate surface area is 445 Å². The number of hydrogen-bond acceptors (Lipinski definition) is 6. The third-order valence-corrected chi connectivity index (χ3v) is 12.8. The average molecular weight is 1000 g/mol. The molecule has 0 radical (unpaired) electrons. The summed E-state index contributed by atoms with van der Waals surface area (Å²) in [4.78, 5) is 38.2. The first-order valence-corrected chi connectivity index (χ1v) is 30.2. The first-order valence-electron chi connectivity index (χ1n) is 30.2. The Bertz CT molecular complexity index is 1430. The fourth-order valence-corrected chi connectivity index (χ4v) is 8.39. The zero-order chi connectivity index (χ0) is 52.2. The van der Waals surface area contributed by atoms with Gasteiger partial charge in [-0.15, -0.1) is 0 Å². The van der Waals surface area contributed by atoms with Gasteiger partial charge in [-0.1, -0.05) is 279 Å². The van der Waals surface area contributed by atoms with Gasteiger partial charge in [0, 0.05) is 19.3 Å². The number of ether oxygens (including phenoxy) is 3. The van der Waals surface area contributed by atoms with Gasteiger partial charge in [-0.2, -0.15) is 0 Å². The molecule has 0 saturated heterocycles. The molecule has 0 fully saturated rings. The Kier molecular flexibility index (Phi) is 56.8. The molecule has 0 N–H and O–H groups in total. The van der Waals surface area contributed by atoms with Crippen molar-refractivity contribution in [3.63, 3.8) is 0 Å². The van der Waals surface area contributed by atoms with Crippen LogP contribution < -0.4 is 0 Å². The summed E-state index contributed by atoms with van der Waals surface area (Å²) in [6.45, 7) is 6.36. The van der Waals surface area contributed by atoms with Gasteiger partial charge in [-0.3, -0.25) is 14.4 Å². The van der Waals surface area contributed by atoms with E-state index in [1.54, 1.807) is 0 Å². The number of hydrogen-bond donors (Lipinski definition) is 0. The van der Waals surface area contributed by atoms with Gasteiger partial charge in [0.15, 0.2) is 6.10 Å². The van der Waals surface area contributed by atoms with Crippen molar-refractivity contribution in [1.82, 2.24) is 0 Å². The topological polar surface area (TPSA) is 78.9 Å². The summed E-state index contributed by atoms with van der Waals surface area (Å²) in [7, 11) is 0. The van der Waals surface area contributed by atoms with Crippen LogP contribution in [0, 0.1) is 0 Å². The fraction of sp³-hybridized carbons (Fsp3) is 0.712. The van der Waals surface area contributed by atoms with Crippen LogP contribution in [0.3, 0.4) is 0 Å². The monoisotopic (exact) mass is 1000 g/mol. The van der Waals surface area contributed by atoms with Crippen LogP contribution in [0.2, 0.25) is 0 Å². The highest BCUT2D eigenvalue weighted by molar-refractivity contribution is 5.71. The summed E-state index contributed by atoms with van der Waals surface area (Å²) in [5.41, 5.74) is 0. The fourth-order valence-electron chi connectivity index (χ4n) is 8.39. The molecule has 0 aromatic carbocycles. The maximum absolute atomic E-state index is 12.9. The number of unbranched alkanes of at least 4 members (excludes halogenated alkanes) is 27. The number of allylic oxidation sites excluding steroid dienone is 16. The minimum Gasteiger partial charge on any atom is -0.462 e. The number of esters is 3. The van der Waals surface area contributed by atoms with Gasteiger partial charge >= 0.3 is 17.9 Å². The highest BCUT2D eigenvalue weighted by Gasteiger charge is 2.19. The summed E-state index contributed by atoms with van der Waals surface area (Å²) in [5.74, 6) is -0.996. The third kappa shape index (κ3) is 57.2. The predicted octanol–water partition coefficient (Wildman–Crippen LogP) is 20.5. The molecule has 0 heterocycles. The van der Waals surface area contributed by atoms with E-state index in [4.69, 9.17) is 14.2 Å². The van der Waals surface area contributed by atoms with E-state index in [1.165, 1.54) is 135 Å². The second-order valence-corrected chi connectivity index (χ2v) is 19.9. The minimum absolute atomic E-state index is 0.104. The van der Waals surface area contributed by atoms with Crippen LogP contribution >= 0.6 is 0 Å². The zero-order valence-corrected chi connectivity index (χ0v) is 47.2. The van der Waals surface area contributed by atoms with E-state index in [2.05, 4.69) is 112 Å². The standard InChI is InChI=1S/C66H112O6/c1-4-7-10-13-16-19-22-25-27-29-31-32-33-35-36-38-41-44-47-50-53-56-59-65(68)71-62-63(61-70-64(67)58-55-52-49-46-43-40-24-21-18-15-12-9-6-3)72-66(69)60-57-54-51-48-45-42-39-37-34-30-28-26-23-20-17-14-11-8-5-2/h8-9,11-12,17-18,20-21,26,28,34,37,40,43,49,52,63H,4-7,10,13-16,19,22-25,27,29-33,35-36,38-39,41-42,44-48,50-51,53-62H2,1-3H3/b11-8-,12-9-,20-17-,21-18-,28-26-,37-34-,43-40-,52-49-. The van der Waals surface area contributed by atoms with E-state index in [0.29, 0.717) is 19.3 Å². The normalized spacial score (nSPS) is 12.8. The van der Waals surface area contributed by atoms with E-state index < -0.39 is 6.10 Å². The molecule has 0 rings (SSSR count). The van der Waals surface area contributed by atoms with Crippen LogP contribution in [0.15, 0.2) is 97.2 Å². The summed E-state index contributed by atoms with van der Waals surface area (Å²) in [6.07, 6.45) is 80.0. The predicted molar refractivity (Wildman–Crippen MR) is 311 cm³/mol. The van der Waals surface area contributed by atoms with E-state index in [1.807, 2.05) is 6.08 Å². The Balaban J connectivity index is 4.39. The summed E-state index contributed by atoms with van der Waals surface area (Å²) in [5, 5.41) is 0. The van der Waals surface area contributed by atoms with E-state index >= 15 is 0 Å². The van der Waals surface area contributed by atoms with Crippen LogP contribution in [0.1, 0.15) is 284 Å². The van der Waals surface area contributed by atoms with Crippen LogP contribution in [0.25, 0.3) is 0 Å². The van der Waals surface area contributed by atoms with Gasteiger partial charge in [-0.25, -0.2) is 0 Å². The number of carbonyl (C=O) groups is 3. The van der Waals surface area contributed by atoms with Gasteiger partial charge in [-0.05, 0) is 83.5 Å². The second kappa shape index (κ2) is 59.9. The SMILES string of the molecule is CC/C=C\C/C=C\C/C=C\C/C=C\CCCCCCCCC(=O)OC(COC(=O)CC/C=C\C/C=C\C/C=C\C/C=C\CC)COC(=O)CCCCCCCCCCCCCCCCCCCCCCCC. The van der Waals surface area contributed by atoms with Crippen LogP contribution in [0.4, 0.5) is 0 Å². The van der Waals surface area contributed by atoms with E-state index in [-0.39, 0.29) is 37.5 Å². The molecule has 0 amide bonds. The zero-order valence-electron chi connectivity index (χ0n) is 47.2. The highest BCUT2D eigenvalue weighted by Crippen LogP contribution is 2.17. The quantitative estimate of drug-likeness (QED) is 0.0261. The Morgan fingerprint density at radius 1 is 0.292 bits per heavy atom. The van der Waals surface area contributed by atoms with Gasteiger partial charge in [0.1, 0.15) is 13.2 Å². The Hall–Kier alpha value is -3.67. The third-order valence-electron chi connectivity index (χ3n) is 12.8. The molecule has 0 aromatic rings. The van der Waals surface area contributed by atoms with Crippen molar-refractivity contribution in [1.29, 1.82) is 0 Å². The Morgan fingerprint density at radius 3 is 0.931 bits per heavy atom. The molecule has 0 aromatic heterocycles. The lowest BCUT2D eigenvalue weighted by Gasteiger charge is -2.18. The lowest BCUT2D eigenvalue weighted by atomic mass is 10.0. The summed E-state index contributed by atoms with van der Waals surface area (Å²) < 4.78 is 16.8. The van der Waals surface area contributed by atoms with Crippen LogP contribution in [0.5, 0.6) is 0 Å². The summed E-state index contributed by atoms with van der Waals surface area (Å²) >= 11 is 0. The van der Waals surface area contributed by atoms with Crippen molar-refractivity contribution < 1.29 is 28.6 Å². The molecule has 0 aliphatic rings. The number of carbonyl (C=O) groups excluding carboxylic acids is 3. The molecule has 72 heavy (non-hydrogen) atoms. The van der Waals surface area contributed by atoms with Crippen molar-refractivity contribution in [3.8, 4) is 0 Å². The highest BCUT2D eigenvalue weighted by atomic mass is 16.6. The maximum atomic E-state index is 12.9. The largest absolute Gasteiger partial charge is 0.462 e. The molecule has 1 atom stereocenters. The lowest BCUT2D eigenvalue weighted by molar-refractivity contribution is -0.166. The average Bonchev–Trinajstić information content (AvgIpc) is 3.38. The molecular formula is C66H112O6. The van der Waals surface area contributed by atoms with Crippen molar-refractivity contribution in [2.75, 3.05) is 13.2 Å². The van der Waals surface area contributed by atoms with Gasteiger partial charge in [0.2, 0.25) is 0 Å². The maximum Gasteiger partial charge on any atom is 0.306 e. The molecule has 6 heteroatoms. The first kappa shape index (κ1) is 68.3. The van der Waals surface area contributed by atoms with Crippen molar-refractivity contribution in [3.05, 3.63) is 97.2 Å². The molecule has 1 unspecified atom stereocenters.